The van der Waals surface area contributed by atoms with Crippen molar-refractivity contribution in [3.63, 3.8) is 0 Å². The Kier molecular flexibility index (Phi) is 13.0. The number of hydrogen-bond acceptors (Lipinski definition) is 3. The number of rotatable bonds is 9. The van der Waals surface area contributed by atoms with Gasteiger partial charge in [0.15, 0.2) is 8.07 Å². The van der Waals surface area contributed by atoms with Gasteiger partial charge in [0.05, 0.1) is 5.54 Å². The van der Waals surface area contributed by atoms with Crippen LogP contribution in [0.3, 0.4) is 0 Å². The molecule has 0 radical (unpaired) electrons. The van der Waals surface area contributed by atoms with Crippen molar-refractivity contribution in [1.82, 2.24) is 0 Å². The molecular formula is C82H76BN3Si. The lowest BCUT2D eigenvalue weighted by Gasteiger charge is -2.51. The van der Waals surface area contributed by atoms with Gasteiger partial charge in [-0.25, -0.2) is 0 Å². The highest BCUT2D eigenvalue weighted by Crippen LogP contribution is 2.62. The summed E-state index contributed by atoms with van der Waals surface area (Å²) in [6.45, 7) is 19.3. The maximum absolute atomic E-state index is 2.87. The van der Waals surface area contributed by atoms with E-state index in [1.807, 2.05) is 0 Å². The second-order valence-corrected chi connectivity index (χ2v) is 31.4. The molecule has 0 bridgehead atoms. The van der Waals surface area contributed by atoms with E-state index in [9.17, 15) is 0 Å². The SMILES string of the molecule is CC(C)(C)c1cccc(N2c3cc(C(C)(C)C)ccc3B3c4cc(-c5ccccc5)ccc4N(c4ccc(-c5ccccc5)cc4)c4cc(N5c6ccc([Si](c7ccccc7)(c7ccccc7)c7ccccc7)cc6C6(C)CCCCC56C)cc2c43)c1. The highest BCUT2D eigenvalue weighted by atomic mass is 28.3. The fourth-order valence-electron chi connectivity index (χ4n) is 15.9. The van der Waals surface area contributed by atoms with Gasteiger partial charge in [-0.3, -0.25) is 0 Å². The average molecular weight is 1140 g/mol. The van der Waals surface area contributed by atoms with Gasteiger partial charge in [-0.1, -0.05) is 274 Å². The molecule has 1 fully saturated rings. The van der Waals surface area contributed by atoms with Crippen LogP contribution in [0.15, 0.2) is 267 Å². The van der Waals surface area contributed by atoms with Crippen LogP contribution in [0.5, 0.6) is 0 Å². The molecule has 0 N–H and O–H groups in total. The molecule has 11 aromatic rings. The van der Waals surface area contributed by atoms with Gasteiger partial charge in [0, 0.05) is 50.9 Å². The summed E-state index contributed by atoms with van der Waals surface area (Å²) in [4.78, 5) is 8.14. The van der Waals surface area contributed by atoms with Gasteiger partial charge in [0.2, 0.25) is 0 Å². The minimum Gasteiger partial charge on any atom is -0.334 e. The number of benzene rings is 11. The fraction of sp³-hybridized carbons (Fsp3) is 0.195. The van der Waals surface area contributed by atoms with Crippen LogP contribution in [0, 0.1) is 0 Å². The molecule has 1 aliphatic carbocycles. The normalized spacial score (nSPS) is 17.7. The maximum atomic E-state index is 2.85. The minimum absolute atomic E-state index is 0.0652. The Morgan fingerprint density at radius 2 is 0.862 bits per heavy atom. The molecule has 0 saturated heterocycles. The van der Waals surface area contributed by atoms with Crippen LogP contribution in [0.2, 0.25) is 0 Å². The van der Waals surface area contributed by atoms with Crippen LogP contribution in [-0.2, 0) is 16.2 Å². The Hall–Kier alpha value is -8.90. The van der Waals surface area contributed by atoms with Crippen molar-refractivity contribution in [2.24, 2.45) is 0 Å². The van der Waals surface area contributed by atoms with Gasteiger partial charge in [-0.05, 0) is 161 Å². The Balaban J connectivity index is 1.04. The summed E-state index contributed by atoms with van der Waals surface area (Å²) in [5.74, 6) is 0. The highest BCUT2D eigenvalue weighted by Gasteiger charge is 2.59. The summed E-state index contributed by atoms with van der Waals surface area (Å²) in [6, 6.07) is 103. The zero-order valence-corrected chi connectivity index (χ0v) is 52.7. The maximum Gasteiger partial charge on any atom is 0.252 e. The molecule has 426 valence electrons. The fourth-order valence-corrected chi connectivity index (χ4v) is 20.7. The summed E-state index contributed by atoms with van der Waals surface area (Å²) in [7, 11) is -2.87. The highest BCUT2D eigenvalue weighted by molar-refractivity contribution is 7.20. The molecular weight excluding hydrogens is 1070 g/mol. The first-order valence-electron chi connectivity index (χ1n) is 31.7. The van der Waals surface area contributed by atoms with Crippen LogP contribution < -0.4 is 51.8 Å². The van der Waals surface area contributed by atoms with E-state index in [1.165, 1.54) is 129 Å². The van der Waals surface area contributed by atoms with E-state index in [4.69, 9.17) is 0 Å². The number of fused-ring (bicyclic) bond motifs is 7. The molecule has 15 rings (SSSR count). The van der Waals surface area contributed by atoms with Crippen LogP contribution in [0.1, 0.15) is 97.8 Å². The monoisotopic (exact) mass is 1140 g/mol. The third-order valence-electron chi connectivity index (χ3n) is 20.6. The molecule has 11 aromatic carbocycles. The van der Waals surface area contributed by atoms with Crippen molar-refractivity contribution in [1.29, 1.82) is 0 Å². The number of hydrogen-bond donors (Lipinski definition) is 0. The zero-order valence-electron chi connectivity index (χ0n) is 51.7. The molecule has 4 aliphatic rings. The third kappa shape index (κ3) is 8.66. The standard InChI is InChI=1S/C82H76BN3Si/c1-79(2,3)61-31-26-32-64(52-61)85-75-53-62(80(4,5)6)42-46-71(75)83-72-51-60(58-29-16-10-17-30-58)41-47-74(72)84(63-43-39-59(40-44-63)57-27-14-9-15-28-57)76-54-65(55-77(85)78(76)83)86-73-48-45-69(56-70(73)81(7)49-24-25-50-82(81,86)8)87(66-33-18-11-19-34-66,67-35-20-12-21-36-67)68-37-22-13-23-38-68/h9-23,26-48,51-56H,24-25,49-50H2,1-8H3. The number of nitrogens with zero attached hydrogens (tertiary/aromatic N) is 3. The molecule has 0 aromatic heterocycles. The summed E-state index contributed by atoms with van der Waals surface area (Å²) in [5, 5.41) is 5.62. The summed E-state index contributed by atoms with van der Waals surface area (Å²) < 4.78 is 0. The van der Waals surface area contributed by atoms with Crippen molar-refractivity contribution in [2.75, 3.05) is 14.7 Å². The lowest BCUT2D eigenvalue weighted by Crippen LogP contribution is -2.74. The Labute approximate surface area is 517 Å². The van der Waals surface area contributed by atoms with Crippen LogP contribution in [0.4, 0.5) is 45.5 Å². The van der Waals surface area contributed by atoms with Crippen molar-refractivity contribution in [2.45, 2.75) is 103 Å². The quantitative estimate of drug-likeness (QED) is 0.105. The van der Waals surface area contributed by atoms with E-state index in [0.29, 0.717) is 0 Å². The van der Waals surface area contributed by atoms with Gasteiger partial charge in [-0.2, -0.15) is 0 Å². The van der Waals surface area contributed by atoms with Gasteiger partial charge in [0.25, 0.3) is 6.71 Å². The van der Waals surface area contributed by atoms with Crippen molar-refractivity contribution >= 4 is 97.4 Å². The molecule has 2 atom stereocenters. The largest absolute Gasteiger partial charge is 0.334 e. The molecule has 3 heterocycles. The van der Waals surface area contributed by atoms with Crippen molar-refractivity contribution in [3.05, 3.63) is 284 Å². The molecule has 0 amide bonds. The van der Waals surface area contributed by atoms with E-state index < -0.39 is 8.07 Å². The Morgan fingerprint density at radius 3 is 1.45 bits per heavy atom. The van der Waals surface area contributed by atoms with Crippen LogP contribution in [0.25, 0.3) is 22.3 Å². The number of anilines is 8. The average Bonchev–Trinajstić information content (AvgIpc) is 1.69. The van der Waals surface area contributed by atoms with E-state index in [-0.39, 0.29) is 28.5 Å². The predicted octanol–water partition coefficient (Wildman–Crippen LogP) is 16.8. The first-order chi connectivity index (χ1) is 42.1. The predicted molar refractivity (Wildman–Crippen MR) is 375 cm³/mol. The minimum atomic E-state index is -2.87. The topological polar surface area (TPSA) is 9.72 Å². The molecule has 87 heavy (non-hydrogen) atoms. The van der Waals surface area contributed by atoms with E-state index in [0.717, 1.165) is 18.5 Å². The molecule has 3 aliphatic heterocycles. The summed E-state index contributed by atoms with van der Waals surface area (Å²) >= 11 is 0. The van der Waals surface area contributed by atoms with Crippen molar-refractivity contribution in [3.8, 4) is 22.3 Å². The molecule has 3 nitrogen and oxygen atoms in total. The Bertz CT molecular complexity index is 4300. The summed E-state index contributed by atoms with van der Waals surface area (Å²) in [5.41, 5.74) is 22.1. The zero-order chi connectivity index (χ0) is 59.5. The third-order valence-corrected chi connectivity index (χ3v) is 25.4. The lowest BCUT2D eigenvalue weighted by atomic mass is 9.33. The lowest BCUT2D eigenvalue weighted by molar-refractivity contribution is 0.195. The Morgan fingerprint density at radius 1 is 0.356 bits per heavy atom. The van der Waals surface area contributed by atoms with Gasteiger partial charge in [-0.15, -0.1) is 0 Å². The van der Waals surface area contributed by atoms with E-state index >= 15 is 0 Å². The van der Waals surface area contributed by atoms with Crippen LogP contribution >= 0.6 is 0 Å². The molecule has 0 spiro atoms. The van der Waals surface area contributed by atoms with E-state index in [2.05, 4.69) is 337 Å². The molecule has 2 unspecified atom stereocenters. The van der Waals surface area contributed by atoms with Gasteiger partial charge in [0.1, 0.15) is 0 Å². The first kappa shape index (κ1) is 54.7. The molecule has 1 saturated carbocycles. The molecule has 5 heteroatoms. The summed E-state index contributed by atoms with van der Waals surface area (Å²) in [6.07, 6.45) is 4.55. The second-order valence-electron chi connectivity index (χ2n) is 27.6. The smallest absolute Gasteiger partial charge is 0.252 e. The second kappa shape index (κ2) is 20.6. The first-order valence-corrected chi connectivity index (χ1v) is 33.7. The van der Waals surface area contributed by atoms with E-state index in [1.54, 1.807) is 0 Å². The van der Waals surface area contributed by atoms with Gasteiger partial charge < -0.3 is 14.7 Å². The van der Waals surface area contributed by atoms with Gasteiger partial charge >= 0.3 is 0 Å². The van der Waals surface area contributed by atoms with Crippen molar-refractivity contribution < 1.29 is 0 Å². The van der Waals surface area contributed by atoms with Crippen LogP contribution in [-0.4, -0.2) is 20.3 Å².